The molecule has 3 aromatic heterocycles. The van der Waals surface area contributed by atoms with Crippen molar-refractivity contribution in [2.75, 3.05) is 5.32 Å². The van der Waals surface area contributed by atoms with E-state index >= 15 is 0 Å². The van der Waals surface area contributed by atoms with E-state index in [1.807, 2.05) is 42.7 Å². The van der Waals surface area contributed by atoms with E-state index in [1.54, 1.807) is 24.7 Å². The molecule has 3 aromatic rings. The van der Waals surface area contributed by atoms with Crippen LogP contribution in [0.2, 0.25) is 5.15 Å². The molecule has 4 nitrogen and oxygen atoms in total. The first-order valence-corrected chi connectivity index (χ1v) is 6.88. The van der Waals surface area contributed by atoms with Gasteiger partial charge in [0.05, 0.1) is 17.9 Å². The SMILES string of the molecule is Clc1ccc(NC(c2cccnc2)c2cccnc2)cn1. The maximum atomic E-state index is 5.82. The number of nitrogens with one attached hydrogen (secondary N) is 1. The zero-order chi connectivity index (χ0) is 14.5. The van der Waals surface area contributed by atoms with Crippen LogP contribution in [-0.4, -0.2) is 15.0 Å². The standard InChI is InChI=1S/C16H13ClN4/c17-15-6-5-14(11-20-15)21-16(12-3-1-7-18-9-12)13-4-2-8-19-10-13/h1-11,16,21H. The van der Waals surface area contributed by atoms with Gasteiger partial charge in [-0.15, -0.1) is 0 Å². The topological polar surface area (TPSA) is 50.7 Å². The van der Waals surface area contributed by atoms with Gasteiger partial charge in [-0.1, -0.05) is 23.7 Å². The van der Waals surface area contributed by atoms with Gasteiger partial charge in [-0.05, 0) is 35.4 Å². The Balaban J connectivity index is 1.95. The molecule has 0 aromatic carbocycles. The molecule has 0 amide bonds. The summed E-state index contributed by atoms with van der Waals surface area (Å²) < 4.78 is 0. The third-order valence-electron chi connectivity index (χ3n) is 3.07. The van der Waals surface area contributed by atoms with Crippen molar-refractivity contribution in [2.45, 2.75) is 6.04 Å². The highest BCUT2D eigenvalue weighted by molar-refractivity contribution is 6.29. The predicted octanol–water partition coefficient (Wildman–Crippen LogP) is 3.73. The van der Waals surface area contributed by atoms with E-state index in [0.717, 1.165) is 16.8 Å². The van der Waals surface area contributed by atoms with Crippen molar-refractivity contribution in [3.63, 3.8) is 0 Å². The fraction of sp³-hybridized carbons (Fsp3) is 0.0625. The number of aromatic nitrogens is 3. The molecule has 3 rings (SSSR count). The second kappa shape index (κ2) is 6.33. The number of pyridine rings is 3. The van der Waals surface area contributed by atoms with Gasteiger partial charge < -0.3 is 5.32 Å². The fourth-order valence-electron chi connectivity index (χ4n) is 2.08. The summed E-state index contributed by atoms with van der Waals surface area (Å²) in [4.78, 5) is 12.5. The Hall–Kier alpha value is -2.46. The average molecular weight is 297 g/mol. The van der Waals surface area contributed by atoms with Crippen molar-refractivity contribution >= 4 is 17.3 Å². The molecular weight excluding hydrogens is 284 g/mol. The van der Waals surface area contributed by atoms with Gasteiger partial charge >= 0.3 is 0 Å². The van der Waals surface area contributed by atoms with E-state index in [2.05, 4.69) is 20.3 Å². The van der Waals surface area contributed by atoms with Crippen LogP contribution in [0.1, 0.15) is 17.2 Å². The third-order valence-corrected chi connectivity index (χ3v) is 3.30. The monoisotopic (exact) mass is 296 g/mol. The van der Waals surface area contributed by atoms with Crippen LogP contribution in [0.25, 0.3) is 0 Å². The number of hydrogen-bond acceptors (Lipinski definition) is 4. The molecule has 0 unspecified atom stereocenters. The van der Waals surface area contributed by atoms with Crippen LogP contribution in [0.3, 0.4) is 0 Å². The average Bonchev–Trinajstić information content (AvgIpc) is 2.56. The second-order valence-electron chi connectivity index (χ2n) is 4.52. The lowest BCUT2D eigenvalue weighted by atomic mass is 10.0. The molecule has 0 aliphatic rings. The molecule has 0 fully saturated rings. The first kappa shape index (κ1) is 13.5. The summed E-state index contributed by atoms with van der Waals surface area (Å²) in [5, 5.41) is 3.91. The maximum Gasteiger partial charge on any atom is 0.129 e. The largest absolute Gasteiger partial charge is 0.373 e. The molecule has 0 bridgehead atoms. The van der Waals surface area contributed by atoms with E-state index in [-0.39, 0.29) is 6.04 Å². The Morgan fingerprint density at radius 1 is 0.857 bits per heavy atom. The minimum Gasteiger partial charge on any atom is -0.373 e. The number of halogens is 1. The summed E-state index contributed by atoms with van der Waals surface area (Å²) in [7, 11) is 0. The normalized spacial score (nSPS) is 10.6. The summed E-state index contributed by atoms with van der Waals surface area (Å²) in [5.74, 6) is 0. The van der Waals surface area contributed by atoms with Gasteiger partial charge in [0.1, 0.15) is 5.15 Å². The zero-order valence-electron chi connectivity index (χ0n) is 11.1. The molecule has 21 heavy (non-hydrogen) atoms. The molecule has 0 aliphatic heterocycles. The number of nitrogens with zero attached hydrogens (tertiary/aromatic N) is 3. The van der Waals surface area contributed by atoms with Crippen LogP contribution in [-0.2, 0) is 0 Å². The Morgan fingerprint density at radius 2 is 1.52 bits per heavy atom. The van der Waals surface area contributed by atoms with Crippen LogP contribution in [0.5, 0.6) is 0 Å². The molecule has 0 spiro atoms. The van der Waals surface area contributed by atoms with Crippen molar-refractivity contribution in [3.05, 3.63) is 83.7 Å². The van der Waals surface area contributed by atoms with Crippen molar-refractivity contribution < 1.29 is 0 Å². The minimum absolute atomic E-state index is 0.0459. The van der Waals surface area contributed by atoms with Crippen molar-refractivity contribution in [1.29, 1.82) is 0 Å². The highest BCUT2D eigenvalue weighted by atomic mass is 35.5. The molecule has 0 saturated carbocycles. The molecule has 104 valence electrons. The lowest BCUT2D eigenvalue weighted by Crippen LogP contribution is -2.13. The second-order valence-corrected chi connectivity index (χ2v) is 4.91. The molecule has 1 N–H and O–H groups in total. The summed E-state index contributed by atoms with van der Waals surface area (Å²) in [5.41, 5.74) is 3.00. The molecule has 0 atom stereocenters. The highest BCUT2D eigenvalue weighted by Crippen LogP contribution is 2.25. The number of rotatable bonds is 4. The van der Waals surface area contributed by atoms with Crippen molar-refractivity contribution in [2.24, 2.45) is 0 Å². The van der Waals surface area contributed by atoms with E-state index in [9.17, 15) is 0 Å². The van der Waals surface area contributed by atoms with Gasteiger partial charge in [0.2, 0.25) is 0 Å². The van der Waals surface area contributed by atoms with Crippen LogP contribution in [0.15, 0.2) is 67.4 Å². The van der Waals surface area contributed by atoms with Gasteiger partial charge in [0.15, 0.2) is 0 Å². The molecule has 0 aliphatic carbocycles. The van der Waals surface area contributed by atoms with E-state index in [1.165, 1.54) is 0 Å². The van der Waals surface area contributed by atoms with E-state index < -0.39 is 0 Å². The fourth-order valence-corrected chi connectivity index (χ4v) is 2.19. The Morgan fingerprint density at radius 3 is 2.00 bits per heavy atom. The maximum absolute atomic E-state index is 5.82. The Bertz CT molecular complexity index is 647. The van der Waals surface area contributed by atoms with E-state index in [4.69, 9.17) is 11.6 Å². The van der Waals surface area contributed by atoms with Gasteiger partial charge in [0, 0.05) is 24.8 Å². The minimum atomic E-state index is -0.0459. The van der Waals surface area contributed by atoms with Gasteiger partial charge in [0.25, 0.3) is 0 Å². The lowest BCUT2D eigenvalue weighted by molar-refractivity contribution is 0.915. The molecule has 5 heteroatoms. The Kier molecular flexibility index (Phi) is 4.07. The van der Waals surface area contributed by atoms with Crippen molar-refractivity contribution in [3.8, 4) is 0 Å². The van der Waals surface area contributed by atoms with Crippen LogP contribution >= 0.6 is 11.6 Å². The Labute approximate surface area is 127 Å². The number of anilines is 1. The van der Waals surface area contributed by atoms with Gasteiger partial charge in [-0.2, -0.15) is 0 Å². The third kappa shape index (κ3) is 3.35. The number of hydrogen-bond donors (Lipinski definition) is 1. The molecule has 0 saturated heterocycles. The van der Waals surface area contributed by atoms with Crippen LogP contribution in [0, 0.1) is 0 Å². The zero-order valence-corrected chi connectivity index (χ0v) is 11.9. The van der Waals surface area contributed by atoms with Gasteiger partial charge in [-0.3, -0.25) is 9.97 Å². The smallest absolute Gasteiger partial charge is 0.129 e. The van der Waals surface area contributed by atoms with Crippen LogP contribution < -0.4 is 5.32 Å². The molecule has 3 heterocycles. The van der Waals surface area contributed by atoms with Crippen LogP contribution in [0.4, 0.5) is 5.69 Å². The van der Waals surface area contributed by atoms with Gasteiger partial charge in [-0.25, -0.2) is 4.98 Å². The first-order valence-electron chi connectivity index (χ1n) is 6.51. The highest BCUT2D eigenvalue weighted by Gasteiger charge is 2.14. The molecule has 0 radical (unpaired) electrons. The first-order chi connectivity index (χ1) is 10.3. The quantitative estimate of drug-likeness (QED) is 0.745. The summed E-state index contributed by atoms with van der Waals surface area (Å²) in [6.45, 7) is 0. The van der Waals surface area contributed by atoms with E-state index in [0.29, 0.717) is 5.15 Å². The predicted molar refractivity (Wildman–Crippen MR) is 83.2 cm³/mol. The summed E-state index contributed by atoms with van der Waals surface area (Å²) >= 11 is 5.82. The molecular formula is C16H13ClN4. The lowest BCUT2D eigenvalue weighted by Gasteiger charge is -2.20. The van der Waals surface area contributed by atoms with Crippen molar-refractivity contribution in [1.82, 2.24) is 15.0 Å². The summed E-state index contributed by atoms with van der Waals surface area (Å²) in [6, 6.07) is 11.5. The summed E-state index contributed by atoms with van der Waals surface area (Å²) in [6.07, 6.45) is 8.91.